The molecule has 5 heteroatoms. The van der Waals surface area contributed by atoms with E-state index in [4.69, 9.17) is 5.73 Å². The van der Waals surface area contributed by atoms with Crippen LogP contribution in [0, 0.1) is 25.7 Å². The number of nitrogens with zero attached hydrogens (tertiary/aromatic N) is 3. The zero-order valence-corrected chi connectivity index (χ0v) is 15.1. The Hall–Kier alpha value is -1.36. The van der Waals surface area contributed by atoms with E-state index in [-0.39, 0.29) is 5.91 Å². The molecule has 1 amide bonds. The Labute approximate surface area is 140 Å². The van der Waals surface area contributed by atoms with Gasteiger partial charge in [0.15, 0.2) is 0 Å². The molecular formula is C18H32N4O. The Morgan fingerprint density at radius 2 is 1.96 bits per heavy atom. The first-order valence-electron chi connectivity index (χ1n) is 8.93. The van der Waals surface area contributed by atoms with E-state index >= 15 is 0 Å². The van der Waals surface area contributed by atoms with Gasteiger partial charge in [0.2, 0.25) is 5.91 Å². The number of amides is 1. The number of rotatable bonds is 6. The van der Waals surface area contributed by atoms with Crippen LogP contribution in [0.25, 0.3) is 0 Å². The van der Waals surface area contributed by atoms with Gasteiger partial charge >= 0.3 is 0 Å². The maximum absolute atomic E-state index is 12.4. The number of piperidine rings is 1. The van der Waals surface area contributed by atoms with E-state index in [1.165, 1.54) is 11.3 Å². The third-order valence-corrected chi connectivity index (χ3v) is 4.96. The lowest BCUT2D eigenvalue weighted by Gasteiger charge is -2.31. The van der Waals surface area contributed by atoms with Gasteiger partial charge in [0.05, 0.1) is 5.69 Å². The molecule has 0 radical (unpaired) electrons. The Morgan fingerprint density at radius 3 is 2.52 bits per heavy atom. The molecule has 1 aliphatic rings. The quantitative estimate of drug-likeness (QED) is 0.874. The molecule has 0 unspecified atom stereocenters. The summed E-state index contributed by atoms with van der Waals surface area (Å²) in [6.45, 7) is 12.0. The molecule has 0 saturated carbocycles. The highest BCUT2D eigenvalue weighted by Gasteiger charge is 2.22. The summed E-state index contributed by atoms with van der Waals surface area (Å²) in [4.78, 5) is 14.5. The zero-order valence-electron chi connectivity index (χ0n) is 15.1. The maximum atomic E-state index is 12.4. The minimum atomic E-state index is 0.274. The van der Waals surface area contributed by atoms with Crippen LogP contribution in [0.3, 0.4) is 0 Å². The summed E-state index contributed by atoms with van der Waals surface area (Å²) < 4.78 is 2.09. The van der Waals surface area contributed by atoms with Crippen LogP contribution in [0.2, 0.25) is 0 Å². The normalized spacial score (nSPS) is 16.3. The van der Waals surface area contributed by atoms with Crippen molar-refractivity contribution < 1.29 is 4.79 Å². The Morgan fingerprint density at radius 1 is 1.30 bits per heavy atom. The van der Waals surface area contributed by atoms with Crippen LogP contribution < -0.4 is 5.73 Å². The molecule has 0 spiro atoms. The molecule has 1 fully saturated rings. The van der Waals surface area contributed by atoms with Crippen molar-refractivity contribution >= 4 is 5.91 Å². The summed E-state index contributed by atoms with van der Waals surface area (Å²) in [6, 6.07) is 0. The average Bonchev–Trinajstić information content (AvgIpc) is 2.78. The van der Waals surface area contributed by atoms with Gasteiger partial charge in [0, 0.05) is 31.7 Å². The second kappa shape index (κ2) is 7.95. The molecule has 2 rings (SSSR count). The van der Waals surface area contributed by atoms with Gasteiger partial charge in [-0.3, -0.25) is 9.48 Å². The fraction of sp³-hybridized carbons (Fsp3) is 0.778. The molecule has 23 heavy (non-hydrogen) atoms. The molecule has 1 aromatic heterocycles. The molecule has 1 saturated heterocycles. The fourth-order valence-electron chi connectivity index (χ4n) is 3.43. The summed E-state index contributed by atoms with van der Waals surface area (Å²) in [6.07, 6.45) is 3.48. The standard InChI is InChI=1S/C18H32N4O/c1-13(2)12-22-15(4)17(14(3)20-22)5-6-18(23)21-9-7-16(11-19)8-10-21/h13,16H,5-12,19H2,1-4H3. The number of likely N-dealkylation sites (tertiary alicyclic amines) is 1. The summed E-state index contributed by atoms with van der Waals surface area (Å²) in [5.41, 5.74) is 9.24. The lowest BCUT2D eigenvalue weighted by atomic mass is 9.96. The first kappa shape index (κ1) is 18.0. The highest BCUT2D eigenvalue weighted by Crippen LogP contribution is 2.19. The zero-order chi connectivity index (χ0) is 17.0. The second-order valence-electron chi connectivity index (χ2n) is 7.29. The van der Waals surface area contributed by atoms with Crippen molar-refractivity contribution in [2.75, 3.05) is 19.6 Å². The van der Waals surface area contributed by atoms with Crippen LogP contribution in [0.4, 0.5) is 0 Å². The van der Waals surface area contributed by atoms with E-state index < -0.39 is 0 Å². The third-order valence-electron chi connectivity index (χ3n) is 4.96. The molecule has 0 aliphatic carbocycles. The summed E-state index contributed by atoms with van der Waals surface area (Å²) in [5.74, 6) is 1.44. The van der Waals surface area contributed by atoms with E-state index in [2.05, 4.69) is 37.5 Å². The van der Waals surface area contributed by atoms with Gasteiger partial charge in [-0.25, -0.2) is 0 Å². The maximum Gasteiger partial charge on any atom is 0.222 e. The van der Waals surface area contributed by atoms with E-state index in [0.717, 1.165) is 51.1 Å². The van der Waals surface area contributed by atoms with Gasteiger partial charge in [-0.15, -0.1) is 0 Å². The molecular weight excluding hydrogens is 288 g/mol. The monoisotopic (exact) mass is 320 g/mol. The average molecular weight is 320 g/mol. The van der Waals surface area contributed by atoms with Crippen molar-refractivity contribution in [2.24, 2.45) is 17.6 Å². The van der Waals surface area contributed by atoms with Crippen molar-refractivity contribution in [3.8, 4) is 0 Å². The number of hydrogen-bond donors (Lipinski definition) is 1. The number of hydrogen-bond acceptors (Lipinski definition) is 3. The van der Waals surface area contributed by atoms with Gasteiger partial charge in [0.1, 0.15) is 0 Å². The molecule has 5 nitrogen and oxygen atoms in total. The highest BCUT2D eigenvalue weighted by atomic mass is 16.2. The lowest BCUT2D eigenvalue weighted by molar-refractivity contribution is -0.132. The van der Waals surface area contributed by atoms with Crippen LogP contribution in [0.1, 0.15) is 50.1 Å². The number of carbonyl (C=O) groups is 1. The molecule has 130 valence electrons. The van der Waals surface area contributed by atoms with Crippen molar-refractivity contribution in [1.29, 1.82) is 0 Å². The second-order valence-corrected chi connectivity index (χ2v) is 7.29. The summed E-state index contributed by atoms with van der Waals surface area (Å²) in [7, 11) is 0. The van der Waals surface area contributed by atoms with E-state index in [9.17, 15) is 4.79 Å². The van der Waals surface area contributed by atoms with Crippen LogP contribution in [-0.4, -0.2) is 40.2 Å². The van der Waals surface area contributed by atoms with Crippen LogP contribution in [-0.2, 0) is 17.8 Å². The van der Waals surface area contributed by atoms with Crippen LogP contribution in [0.5, 0.6) is 0 Å². The van der Waals surface area contributed by atoms with E-state index in [0.29, 0.717) is 18.3 Å². The SMILES string of the molecule is Cc1nn(CC(C)C)c(C)c1CCC(=O)N1CCC(CN)CC1. The minimum Gasteiger partial charge on any atom is -0.343 e. The first-order chi connectivity index (χ1) is 10.9. The third kappa shape index (κ3) is 4.56. The van der Waals surface area contributed by atoms with Gasteiger partial charge in [-0.2, -0.15) is 5.10 Å². The minimum absolute atomic E-state index is 0.274. The first-order valence-corrected chi connectivity index (χ1v) is 8.93. The lowest BCUT2D eigenvalue weighted by Crippen LogP contribution is -2.40. The van der Waals surface area contributed by atoms with Crippen molar-refractivity contribution in [3.63, 3.8) is 0 Å². The fourth-order valence-corrected chi connectivity index (χ4v) is 3.43. The largest absolute Gasteiger partial charge is 0.343 e. The summed E-state index contributed by atoms with van der Waals surface area (Å²) >= 11 is 0. The molecule has 1 aromatic rings. The number of nitrogens with two attached hydrogens (primary N) is 1. The van der Waals surface area contributed by atoms with Gasteiger partial charge in [0.25, 0.3) is 0 Å². The Kier molecular flexibility index (Phi) is 6.22. The predicted octanol–water partition coefficient (Wildman–Crippen LogP) is 2.29. The molecule has 0 aromatic carbocycles. The smallest absolute Gasteiger partial charge is 0.222 e. The molecule has 0 atom stereocenters. The summed E-state index contributed by atoms with van der Waals surface area (Å²) in [5, 5.41) is 4.64. The van der Waals surface area contributed by atoms with Gasteiger partial charge in [-0.1, -0.05) is 13.8 Å². The Balaban J connectivity index is 1.91. The number of aromatic nitrogens is 2. The van der Waals surface area contributed by atoms with E-state index in [1.54, 1.807) is 0 Å². The molecule has 2 heterocycles. The Bertz CT molecular complexity index is 527. The van der Waals surface area contributed by atoms with Crippen molar-refractivity contribution in [3.05, 3.63) is 17.0 Å². The van der Waals surface area contributed by atoms with Crippen molar-refractivity contribution in [1.82, 2.24) is 14.7 Å². The topological polar surface area (TPSA) is 64.2 Å². The molecule has 1 aliphatic heterocycles. The molecule has 2 N–H and O–H groups in total. The number of aryl methyl sites for hydroxylation is 1. The number of carbonyl (C=O) groups excluding carboxylic acids is 1. The molecule has 0 bridgehead atoms. The van der Waals surface area contributed by atoms with Gasteiger partial charge < -0.3 is 10.6 Å². The van der Waals surface area contributed by atoms with Crippen LogP contribution >= 0.6 is 0 Å². The van der Waals surface area contributed by atoms with Crippen LogP contribution in [0.15, 0.2) is 0 Å². The van der Waals surface area contributed by atoms with Crippen molar-refractivity contribution in [2.45, 2.75) is 59.9 Å². The van der Waals surface area contributed by atoms with E-state index in [1.807, 2.05) is 4.90 Å². The predicted molar refractivity (Wildman–Crippen MR) is 93.2 cm³/mol. The highest BCUT2D eigenvalue weighted by molar-refractivity contribution is 5.76. The van der Waals surface area contributed by atoms with Gasteiger partial charge in [-0.05, 0) is 57.1 Å².